The van der Waals surface area contributed by atoms with E-state index in [9.17, 15) is 19.2 Å². The molecule has 144 valence electrons. The fraction of sp³-hybridized carbons (Fsp3) is 0.500. The summed E-state index contributed by atoms with van der Waals surface area (Å²) in [4.78, 5) is 49.0. The maximum atomic E-state index is 12.8. The first-order valence-electron chi connectivity index (χ1n) is 9.31. The number of hydrogen-bond donors (Lipinski definition) is 2. The maximum Gasteiger partial charge on any atom is 0.321 e. The predicted molar refractivity (Wildman–Crippen MR) is 96.4 cm³/mol. The number of urea groups is 1. The Kier molecular flexibility index (Phi) is 5.88. The number of ketones is 1. The third-order valence-electron chi connectivity index (χ3n) is 5.42. The molecule has 7 nitrogen and oxygen atoms in total. The number of benzene rings is 1. The predicted octanol–water partition coefficient (Wildman–Crippen LogP) is 2.12. The molecule has 0 heterocycles. The van der Waals surface area contributed by atoms with E-state index in [1.54, 1.807) is 30.3 Å². The van der Waals surface area contributed by atoms with Gasteiger partial charge in [0.05, 0.1) is 5.92 Å². The van der Waals surface area contributed by atoms with E-state index in [0.29, 0.717) is 18.4 Å². The van der Waals surface area contributed by atoms with Crippen LogP contribution in [-0.2, 0) is 19.1 Å². The summed E-state index contributed by atoms with van der Waals surface area (Å²) in [6.07, 6.45) is 2.40. The van der Waals surface area contributed by atoms with Gasteiger partial charge in [0.1, 0.15) is 5.78 Å². The number of imide groups is 1. The largest absolute Gasteiger partial charge is 0.447 e. The number of nitrogens with one attached hydrogen (secondary N) is 2. The normalized spacial score (nSPS) is 25.2. The van der Waals surface area contributed by atoms with Crippen LogP contribution in [0.5, 0.6) is 0 Å². The lowest BCUT2D eigenvalue weighted by atomic mass is 9.67. The second-order valence-electron chi connectivity index (χ2n) is 7.19. The van der Waals surface area contributed by atoms with Gasteiger partial charge < -0.3 is 10.1 Å². The Hall–Kier alpha value is -2.70. The lowest BCUT2D eigenvalue weighted by Crippen LogP contribution is -2.43. The highest BCUT2D eigenvalue weighted by atomic mass is 16.5. The van der Waals surface area contributed by atoms with Gasteiger partial charge in [-0.2, -0.15) is 0 Å². The van der Waals surface area contributed by atoms with E-state index < -0.39 is 29.9 Å². The summed E-state index contributed by atoms with van der Waals surface area (Å²) in [6, 6.07) is 7.91. The van der Waals surface area contributed by atoms with E-state index in [0.717, 1.165) is 19.3 Å². The first-order chi connectivity index (χ1) is 13.0. The number of carbonyl (C=O) groups excluding carboxylic acids is 4. The van der Waals surface area contributed by atoms with Crippen LogP contribution in [0.3, 0.4) is 0 Å². The minimum absolute atomic E-state index is 0.0788. The average molecular weight is 372 g/mol. The lowest BCUT2D eigenvalue weighted by Gasteiger charge is -2.36. The van der Waals surface area contributed by atoms with Crippen LogP contribution < -0.4 is 10.6 Å². The summed E-state index contributed by atoms with van der Waals surface area (Å²) in [7, 11) is 1.39. The van der Waals surface area contributed by atoms with Crippen molar-refractivity contribution in [3.8, 4) is 0 Å². The van der Waals surface area contributed by atoms with Crippen molar-refractivity contribution in [3.63, 3.8) is 0 Å². The van der Waals surface area contributed by atoms with E-state index in [1.807, 2.05) is 0 Å². The monoisotopic (exact) mass is 372 g/mol. The molecule has 2 aliphatic carbocycles. The van der Waals surface area contributed by atoms with Crippen molar-refractivity contribution in [2.45, 2.75) is 38.2 Å². The highest BCUT2D eigenvalue weighted by molar-refractivity contribution is 5.98. The third-order valence-corrected chi connectivity index (χ3v) is 5.42. The molecule has 3 rings (SSSR count). The van der Waals surface area contributed by atoms with Crippen molar-refractivity contribution >= 4 is 23.7 Å². The topological polar surface area (TPSA) is 102 Å². The van der Waals surface area contributed by atoms with Crippen LogP contribution in [-0.4, -0.2) is 30.7 Å². The van der Waals surface area contributed by atoms with Crippen LogP contribution >= 0.6 is 0 Å². The lowest BCUT2D eigenvalue weighted by molar-refractivity contribution is -0.163. The van der Waals surface area contributed by atoms with E-state index in [-0.39, 0.29) is 17.6 Å². The van der Waals surface area contributed by atoms with E-state index in [1.165, 1.54) is 7.05 Å². The molecule has 0 saturated heterocycles. The zero-order chi connectivity index (χ0) is 19.4. The molecule has 2 bridgehead atoms. The van der Waals surface area contributed by atoms with Gasteiger partial charge in [-0.25, -0.2) is 4.79 Å². The van der Waals surface area contributed by atoms with Crippen LogP contribution in [0.1, 0.15) is 43.8 Å². The number of carbonyl (C=O) groups is 4. The highest BCUT2D eigenvalue weighted by Crippen LogP contribution is 2.41. The molecule has 27 heavy (non-hydrogen) atoms. The minimum Gasteiger partial charge on any atom is -0.447 e. The molecular formula is C20H24N2O5. The van der Waals surface area contributed by atoms with Gasteiger partial charge >= 0.3 is 12.0 Å². The van der Waals surface area contributed by atoms with Crippen molar-refractivity contribution in [2.75, 3.05) is 7.05 Å². The fourth-order valence-electron chi connectivity index (χ4n) is 4.03. The smallest absolute Gasteiger partial charge is 0.321 e. The molecule has 1 aromatic carbocycles. The minimum atomic E-state index is -1.21. The Morgan fingerprint density at radius 3 is 2.30 bits per heavy atom. The molecule has 1 aromatic rings. The van der Waals surface area contributed by atoms with E-state index >= 15 is 0 Å². The van der Waals surface area contributed by atoms with Gasteiger partial charge in [-0.3, -0.25) is 19.7 Å². The number of fused-ring (bicyclic) bond motifs is 2. The molecule has 3 amide bonds. The number of rotatable bonds is 4. The number of Topliss-reactive ketones (excluding diaryl/α,β-unsaturated/α-hetero) is 1. The van der Waals surface area contributed by atoms with Gasteiger partial charge in [-0.1, -0.05) is 36.8 Å². The molecule has 0 radical (unpaired) electrons. The van der Waals surface area contributed by atoms with Crippen molar-refractivity contribution < 1.29 is 23.9 Å². The van der Waals surface area contributed by atoms with Crippen molar-refractivity contribution in [1.82, 2.24) is 10.6 Å². The van der Waals surface area contributed by atoms with Crippen molar-refractivity contribution in [1.29, 1.82) is 0 Å². The Balaban J connectivity index is 1.73. The van der Waals surface area contributed by atoms with E-state index in [2.05, 4.69) is 10.6 Å². The summed E-state index contributed by atoms with van der Waals surface area (Å²) in [6.45, 7) is 0. The van der Waals surface area contributed by atoms with E-state index in [4.69, 9.17) is 4.74 Å². The van der Waals surface area contributed by atoms with Gasteiger partial charge in [-0.15, -0.1) is 0 Å². The Morgan fingerprint density at radius 2 is 1.70 bits per heavy atom. The summed E-state index contributed by atoms with van der Waals surface area (Å²) in [5.74, 6) is -1.48. The molecule has 2 N–H and O–H groups in total. The van der Waals surface area contributed by atoms with Crippen LogP contribution in [0.4, 0.5) is 4.79 Å². The summed E-state index contributed by atoms with van der Waals surface area (Å²) in [5.41, 5.74) is 0.485. The molecule has 2 saturated carbocycles. The zero-order valence-corrected chi connectivity index (χ0v) is 15.3. The first-order valence-corrected chi connectivity index (χ1v) is 9.31. The number of amides is 3. The summed E-state index contributed by atoms with van der Waals surface area (Å²) in [5, 5.41) is 4.46. The molecule has 0 aromatic heterocycles. The molecule has 7 heteroatoms. The zero-order valence-electron chi connectivity index (χ0n) is 15.3. The van der Waals surface area contributed by atoms with Crippen molar-refractivity contribution in [2.24, 2.45) is 17.8 Å². The van der Waals surface area contributed by atoms with Gasteiger partial charge in [0, 0.05) is 24.4 Å². The first kappa shape index (κ1) is 19.1. The van der Waals surface area contributed by atoms with Crippen LogP contribution in [0.15, 0.2) is 30.3 Å². The molecule has 2 fully saturated rings. The Morgan fingerprint density at radius 1 is 1.07 bits per heavy atom. The quantitative estimate of drug-likeness (QED) is 0.789. The van der Waals surface area contributed by atoms with Gasteiger partial charge in [0.15, 0.2) is 0 Å². The second-order valence-corrected chi connectivity index (χ2v) is 7.19. The standard InChI is InChI=1S/C20H24N2O5/c1-21-20(26)22-18(24)17(12-6-3-2-4-7-12)27-19(25)15-10-13-8-5-9-14(11-15)16(13)23/h2-4,6-7,13-15,17H,5,8-11H2,1H3,(H2,21,22,24,26)/t13-,14+,15?,17-/m0/s1. The molecule has 1 unspecified atom stereocenters. The van der Waals surface area contributed by atoms with Gasteiger partial charge in [-0.05, 0) is 25.7 Å². The SMILES string of the molecule is CNC(=O)NC(=O)[C@@H](OC(=O)C1C[C@H]2CCC[C@@H](C1)C2=O)c1ccccc1. The van der Waals surface area contributed by atoms with Crippen molar-refractivity contribution in [3.05, 3.63) is 35.9 Å². The fourth-order valence-corrected chi connectivity index (χ4v) is 4.03. The van der Waals surface area contributed by atoms with Gasteiger partial charge in [0.25, 0.3) is 5.91 Å². The Bertz CT molecular complexity index is 717. The molecule has 2 aliphatic rings. The second kappa shape index (κ2) is 8.33. The highest BCUT2D eigenvalue weighted by Gasteiger charge is 2.42. The molecule has 4 atom stereocenters. The maximum absolute atomic E-state index is 12.8. The summed E-state index contributed by atoms with van der Waals surface area (Å²) < 4.78 is 5.54. The molecular weight excluding hydrogens is 348 g/mol. The van der Waals surface area contributed by atoms with Gasteiger partial charge in [0.2, 0.25) is 6.10 Å². The average Bonchev–Trinajstić information content (AvgIpc) is 2.66. The molecule has 0 aliphatic heterocycles. The van der Waals surface area contributed by atoms with Crippen LogP contribution in [0.25, 0.3) is 0 Å². The number of hydrogen-bond acceptors (Lipinski definition) is 5. The van der Waals surface area contributed by atoms with Crippen LogP contribution in [0, 0.1) is 17.8 Å². The van der Waals surface area contributed by atoms with Crippen LogP contribution in [0.2, 0.25) is 0 Å². The number of ether oxygens (including phenoxy) is 1. The molecule has 0 spiro atoms. The summed E-state index contributed by atoms with van der Waals surface area (Å²) >= 11 is 0. The number of esters is 1. The Labute approximate surface area is 157 Å². The third kappa shape index (κ3) is 4.35.